The Morgan fingerprint density at radius 3 is 2.85 bits per heavy atom. The number of nitrogens with two attached hydrogens (primary N) is 1. The first-order valence-electron chi connectivity index (χ1n) is 6.37. The van der Waals surface area contributed by atoms with Crippen LogP contribution in [0.5, 0.6) is 5.75 Å². The molecule has 0 radical (unpaired) electrons. The predicted octanol–water partition coefficient (Wildman–Crippen LogP) is 3.28. The van der Waals surface area contributed by atoms with Crippen LogP contribution in [0.4, 0.5) is 10.1 Å². The lowest BCUT2D eigenvalue weighted by molar-refractivity contribution is 0.287. The average molecular weight is 293 g/mol. The summed E-state index contributed by atoms with van der Waals surface area (Å²) in [5.74, 6) is 0.328. The summed E-state index contributed by atoms with van der Waals surface area (Å²) in [7, 11) is 0. The van der Waals surface area contributed by atoms with Crippen molar-refractivity contribution in [2.24, 2.45) is 5.73 Å². The van der Waals surface area contributed by atoms with Gasteiger partial charge in [0.05, 0.1) is 11.7 Å². The standard InChI is InChI=1S/C15H14ClFN2O/c16-9-5-12(11-3-1-2-4-13(11)17)15-14(6-9)20-8-10(7-18)19-15/h1-6,10,19H,7-8,18H2/t10-/m1/s1. The van der Waals surface area contributed by atoms with Gasteiger partial charge in [-0.25, -0.2) is 4.39 Å². The summed E-state index contributed by atoms with van der Waals surface area (Å²) in [6, 6.07) is 10.0. The molecule has 104 valence electrons. The molecule has 0 saturated carbocycles. The molecule has 3 rings (SSSR count). The van der Waals surface area contributed by atoms with Crippen LogP contribution in [-0.2, 0) is 0 Å². The van der Waals surface area contributed by atoms with Gasteiger partial charge in [0.25, 0.3) is 0 Å². The number of ether oxygens (including phenoxy) is 1. The minimum absolute atomic E-state index is 0.00852. The SMILES string of the molecule is NC[C@@H]1COc2cc(Cl)cc(-c3ccccc3F)c2N1. The van der Waals surface area contributed by atoms with Crippen LogP contribution in [-0.4, -0.2) is 19.2 Å². The van der Waals surface area contributed by atoms with E-state index in [1.54, 1.807) is 30.3 Å². The first-order valence-corrected chi connectivity index (χ1v) is 6.74. The molecule has 0 bridgehead atoms. The molecule has 1 aliphatic heterocycles. The lowest BCUT2D eigenvalue weighted by Crippen LogP contribution is -2.37. The van der Waals surface area contributed by atoms with Gasteiger partial charge in [-0.15, -0.1) is 0 Å². The molecule has 3 N–H and O–H groups in total. The molecule has 0 amide bonds. The highest BCUT2D eigenvalue weighted by molar-refractivity contribution is 6.31. The van der Waals surface area contributed by atoms with Crippen LogP contribution in [0, 0.1) is 5.82 Å². The fourth-order valence-electron chi connectivity index (χ4n) is 2.30. The van der Waals surface area contributed by atoms with Gasteiger partial charge in [-0.1, -0.05) is 29.8 Å². The number of fused-ring (bicyclic) bond motifs is 1. The third-order valence-electron chi connectivity index (χ3n) is 3.30. The van der Waals surface area contributed by atoms with Gasteiger partial charge in [0.2, 0.25) is 0 Å². The van der Waals surface area contributed by atoms with Gasteiger partial charge in [0.15, 0.2) is 0 Å². The van der Waals surface area contributed by atoms with Gasteiger partial charge in [-0.3, -0.25) is 0 Å². The minimum atomic E-state index is -0.298. The fraction of sp³-hybridized carbons (Fsp3) is 0.200. The smallest absolute Gasteiger partial charge is 0.144 e. The first-order chi connectivity index (χ1) is 9.69. The van der Waals surface area contributed by atoms with E-state index >= 15 is 0 Å². The molecular weight excluding hydrogens is 279 g/mol. The van der Waals surface area contributed by atoms with Gasteiger partial charge in [-0.2, -0.15) is 0 Å². The molecule has 2 aromatic rings. The number of anilines is 1. The number of hydrogen-bond acceptors (Lipinski definition) is 3. The summed E-state index contributed by atoms with van der Waals surface area (Å²) in [5.41, 5.74) is 7.57. The van der Waals surface area contributed by atoms with Gasteiger partial charge >= 0.3 is 0 Å². The molecule has 0 fully saturated rings. The topological polar surface area (TPSA) is 47.3 Å². The molecular formula is C15H14ClFN2O. The zero-order valence-electron chi connectivity index (χ0n) is 10.7. The molecule has 0 unspecified atom stereocenters. The van der Waals surface area contributed by atoms with Gasteiger partial charge in [0.1, 0.15) is 18.2 Å². The van der Waals surface area contributed by atoms with Gasteiger partial charge < -0.3 is 15.8 Å². The maximum absolute atomic E-state index is 14.0. The third kappa shape index (κ3) is 2.32. The molecule has 0 spiro atoms. The van der Waals surface area contributed by atoms with E-state index in [0.717, 1.165) is 5.69 Å². The molecule has 1 heterocycles. The Hall–Kier alpha value is -1.78. The molecule has 20 heavy (non-hydrogen) atoms. The van der Waals surface area contributed by atoms with Crippen molar-refractivity contribution >= 4 is 17.3 Å². The maximum Gasteiger partial charge on any atom is 0.144 e. The number of nitrogens with one attached hydrogen (secondary N) is 1. The summed E-state index contributed by atoms with van der Waals surface area (Å²) in [6.07, 6.45) is 0. The average Bonchev–Trinajstić information content (AvgIpc) is 2.46. The van der Waals surface area contributed by atoms with Crippen molar-refractivity contribution in [3.8, 4) is 16.9 Å². The van der Waals surface area contributed by atoms with Crippen LogP contribution in [0.25, 0.3) is 11.1 Å². The Kier molecular flexibility index (Phi) is 3.51. The second-order valence-corrected chi connectivity index (χ2v) is 5.13. The van der Waals surface area contributed by atoms with E-state index in [2.05, 4.69) is 5.32 Å². The van der Waals surface area contributed by atoms with Crippen LogP contribution < -0.4 is 15.8 Å². The molecule has 1 atom stereocenters. The van der Waals surface area contributed by atoms with E-state index in [0.29, 0.717) is 35.1 Å². The second-order valence-electron chi connectivity index (χ2n) is 4.69. The van der Waals surface area contributed by atoms with E-state index < -0.39 is 0 Å². The van der Waals surface area contributed by atoms with Gasteiger partial charge in [-0.05, 0) is 12.1 Å². The first kappa shape index (κ1) is 13.2. The summed E-state index contributed by atoms with van der Waals surface area (Å²) < 4.78 is 19.7. The lowest BCUT2D eigenvalue weighted by atomic mass is 10.0. The molecule has 0 saturated heterocycles. The molecule has 3 nitrogen and oxygen atoms in total. The van der Waals surface area contributed by atoms with Crippen LogP contribution in [0.3, 0.4) is 0 Å². The zero-order chi connectivity index (χ0) is 14.1. The van der Waals surface area contributed by atoms with Crippen molar-refractivity contribution in [2.45, 2.75) is 6.04 Å². The van der Waals surface area contributed by atoms with E-state index in [1.165, 1.54) is 6.07 Å². The van der Waals surface area contributed by atoms with Crippen molar-refractivity contribution in [1.82, 2.24) is 0 Å². The quantitative estimate of drug-likeness (QED) is 0.893. The van der Waals surface area contributed by atoms with Gasteiger partial charge in [0, 0.05) is 28.8 Å². The Morgan fingerprint density at radius 2 is 2.10 bits per heavy atom. The highest BCUT2D eigenvalue weighted by atomic mass is 35.5. The second kappa shape index (κ2) is 5.31. The van der Waals surface area contributed by atoms with Crippen molar-refractivity contribution in [3.05, 3.63) is 47.2 Å². The van der Waals surface area contributed by atoms with Crippen LogP contribution >= 0.6 is 11.6 Å². The van der Waals surface area contributed by atoms with Crippen molar-refractivity contribution in [3.63, 3.8) is 0 Å². The maximum atomic E-state index is 14.0. The predicted molar refractivity (Wildman–Crippen MR) is 78.8 cm³/mol. The van der Waals surface area contributed by atoms with E-state index in [9.17, 15) is 4.39 Å². The van der Waals surface area contributed by atoms with Crippen molar-refractivity contribution in [2.75, 3.05) is 18.5 Å². The summed E-state index contributed by atoms with van der Waals surface area (Å²) >= 11 is 6.10. The van der Waals surface area contributed by atoms with E-state index in [1.807, 2.05) is 0 Å². The number of benzene rings is 2. The molecule has 0 aromatic heterocycles. The highest BCUT2D eigenvalue weighted by Crippen LogP contribution is 2.41. The minimum Gasteiger partial charge on any atom is -0.489 e. The number of rotatable bonds is 2. The molecule has 5 heteroatoms. The van der Waals surface area contributed by atoms with Crippen LogP contribution in [0.1, 0.15) is 0 Å². The largest absolute Gasteiger partial charge is 0.489 e. The monoisotopic (exact) mass is 292 g/mol. The molecule has 2 aromatic carbocycles. The lowest BCUT2D eigenvalue weighted by Gasteiger charge is -2.28. The van der Waals surface area contributed by atoms with Crippen LogP contribution in [0.15, 0.2) is 36.4 Å². The van der Waals surface area contributed by atoms with E-state index in [4.69, 9.17) is 22.1 Å². The Morgan fingerprint density at radius 1 is 1.30 bits per heavy atom. The summed E-state index contributed by atoms with van der Waals surface area (Å²) in [5, 5.41) is 3.80. The number of hydrogen-bond donors (Lipinski definition) is 2. The summed E-state index contributed by atoms with van der Waals surface area (Å²) in [4.78, 5) is 0. The zero-order valence-corrected chi connectivity index (χ0v) is 11.5. The van der Waals surface area contributed by atoms with Crippen molar-refractivity contribution in [1.29, 1.82) is 0 Å². The molecule has 0 aliphatic carbocycles. The fourth-order valence-corrected chi connectivity index (χ4v) is 2.51. The Balaban J connectivity index is 2.16. The summed E-state index contributed by atoms with van der Waals surface area (Å²) in [6.45, 7) is 0.916. The molecule has 1 aliphatic rings. The number of halogens is 2. The highest BCUT2D eigenvalue weighted by Gasteiger charge is 2.23. The van der Waals surface area contributed by atoms with E-state index in [-0.39, 0.29) is 11.9 Å². The Labute approximate surface area is 121 Å². The van der Waals surface area contributed by atoms with Crippen molar-refractivity contribution < 1.29 is 9.13 Å². The van der Waals surface area contributed by atoms with Crippen LogP contribution in [0.2, 0.25) is 5.02 Å². The Bertz CT molecular complexity index is 648. The normalized spacial score (nSPS) is 17.1. The third-order valence-corrected chi connectivity index (χ3v) is 3.52.